The minimum Gasteiger partial charge on any atom is -0.396 e. The van der Waals surface area contributed by atoms with Crippen LogP contribution in [0.15, 0.2) is 0 Å². The molecule has 0 radical (unpaired) electrons. The third kappa shape index (κ3) is 3.60. The van der Waals surface area contributed by atoms with Crippen molar-refractivity contribution in [3.05, 3.63) is 0 Å². The van der Waals surface area contributed by atoms with Gasteiger partial charge >= 0.3 is 0 Å². The molecule has 0 saturated carbocycles. The van der Waals surface area contributed by atoms with Crippen LogP contribution in [0.4, 0.5) is 0 Å². The fourth-order valence-electron chi connectivity index (χ4n) is 1.84. The summed E-state index contributed by atoms with van der Waals surface area (Å²) in [4.78, 5) is 2.30. The van der Waals surface area contributed by atoms with Crippen molar-refractivity contribution >= 4 is 0 Å². The predicted octanol–water partition coefficient (Wildman–Crippen LogP) is -0.975. The Hall–Kier alpha value is -0.160. The monoisotopic (exact) mass is 188 g/mol. The highest BCUT2D eigenvalue weighted by Gasteiger charge is 2.20. The molecule has 4 heteroatoms. The summed E-state index contributed by atoms with van der Waals surface area (Å²) in [7, 11) is 0. The highest BCUT2D eigenvalue weighted by molar-refractivity contribution is 4.79. The van der Waals surface area contributed by atoms with Gasteiger partial charge in [-0.1, -0.05) is 0 Å². The SMILES string of the molecule is OCCCC1CNCCN1CCO. The van der Waals surface area contributed by atoms with Gasteiger partial charge in [0.15, 0.2) is 0 Å². The minimum absolute atomic E-state index is 0.232. The van der Waals surface area contributed by atoms with Gasteiger partial charge in [-0.3, -0.25) is 4.90 Å². The van der Waals surface area contributed by atoms with Gasteiger partial charge in [0.2, 0.25) is 0 Å². The molecule has 1 rings (SSSR count). The van der Waals surface area contributed by atoms with E-state index in [0.717, 1.165) is 39.0 Å². The van der Waals surface area contributed by atoms with Crippen molar-refractivity contribution in [3.8, 4) is 0 Å². The van der Waals surface area contributed by atoms with E-state index >= 15 is 0 Å². The molecular weight excluding hydrogens is 168 g/mol. The number of nitrogens with zero attached hydrogens (tertiary/aromatic N) is 1. The summed E-state index contributed by atoms with van der Waals surface area (Å²) in [6, 6.07) is 0.494. The summed E-state index contributed by atoms with van der Waals surface area (Å²) in [5.74, 6) is 0. The van der Waals surface area contributed by atoms with Gasteiger partial charge in [-0.15, -0.1) is 0 Å². The van der Waals surface area contributed by atoms with Gasteiger partial charge in [0.25, 0.3) is 0 Å². The average Bonchev–Trinajstić information content (AvgIpc) is 2.17. The Morgan fingerprint density at radius 3 is 2.85 bits per heavy atom. The Morgan fingerprint density at radius 2 is 2.15 bits per heavy atom. The summed E-state index contributed by atoms with van der Waals surface area (Å²) in [5, 5.41) is 20.9. The molecule has 1 saturated heterocycles. The van der Waals surface area contributed by atoms with Crippen LogP contribution in [0, 0.1) is 0 Å². The molecule has 1 aliphatic rings. The van der Waals surface area contributed by atoms with Crippen LogP contribution in [0.5, 0.6) is 0 Å². The number of aliphatic hydroxyl groups is 2. The molecule has 3 N–H and O–H groups in total. The predicted molar refractivity (Wildman–Crippen MR) is 51.6 cm³/mol. The molecular formula is C9H20N2O2. The van der Waals surface area contributed by atoms with Gasteiger partial charge < -0.3 is 15.5 Å². The first-order chi connectivity index (χ1) is 6.38. The highest BCUT2D eigenvalue weighted by Crippen LogP contribution is 2.08. The van der Waals surface area contributed by atoms with Crippen molar-refractivity contribution in [3.63, 3.8) is 0 Å². The van der Waals surface area contributed by atoms with Crippen LogP contribution in [-0.2, 0) is 0 Å². The zero-order valence-electron chi connectivity index (χ0n) is 8.08. The number of aliphatic hydroxyl groups excluding tert-OH is 2. The number of piperazine rings is 1. The van der Waals surface area contributed by atoms with Gasteiger partial charge in [0, 0.05) is 38.8 Å². The van der Waals surface area contributed by atoms with E-state index in [1.54, 1.807) is 0 Å². The van der Waals surface area contributed by atoms with Gasteiger partial charge in [-0.2, -0.15) is 0 Å². The Bertz CT molecular complexity index is 131. The van der Waals surface area contributed by atoms with Crippen LogP contribution in [0.1, 0.15) is 12.8 Å². The van der Waals surface area contributed by atoms with Crippen molar-refractivity contribution in [2.45, 2.75) is 18.9 Å². The van der Waals surface area contributed by atoms with Crippen molar-refractivity contribution < 1.29 is 10.2 Å². The summed E-state index contributed by atoms with van der Waals surface area (Å²) < 4.78 is 0. The summed E-state index contributed by atoms with van der Waals surface area (Å²) in [6.45, 7) is 4.27. The van der Waals surface area contributed by atoms with Crippen LogP contribution < -0.4 is 5.32 Å². The molecule has 0 aromatic carbocycles. The van der Waals surface area contributed by atoms with E-state index in [2.05, 4.69) is 10.2 Å². The molecule has 0 aromatic heterocycles. The third-order valence-electron chi connectivity index (χ3n) is 2.55. The summed E-state index contributed by atoms with van der Waals surface area (Å²) >= 11 is 0. The molecule has 13 heavy (non-hydrogen) atoms. The van der Waals surface area contributed by atoms with Gasteiger partial charge in [-0.25, -0.2) is 0 Å². The lowest BCUT2D eigenvalue weighted by Gasteiger charge is -2.35. The van der Waals surface area contributed by atoms with Gasteiger partial charge in [0.05, 0.1) is 6.61 Å². The van der Waals surface area contributed by atoms with Gasteiger partial charge in [-0.05, 0) is 12.8 Å². The van der Waals surface area contributed by atoms with Crippen LogP contribution in [0.25, 0.3) is 0 Å². The average molecular weight is 188 g/mol. The van der Waals surface area contributed by atoms with Crippen molar-refractivity contribution in [1.29, 1.82) is 0 Å². The van der Waals surface area contributed by atoms with E-state index < -0.39 is 0 Å². The zero-order chi connectivity index (χ0) is 9.52. The normalized spacial score (nSPS) is 24.9. The third-order valence-corrected chi connectivity index (χ3v) is 2.55. The smallest absolute Gasteiger partial charge is 0.0558 e. The minimum atomic E-state index is 0.232. The molecule has 1 heterocycles. The topological polar surface area (TPSA) is 55.7 Å². The van der Waals surface area contributed by atoms with E-state index in [0.29, 0.717) is 6.04 Å². The Kier molecular flexibility index (Phi) is 5.31. The Balaban J connectivity index is 2.28. The molecule has 0 spiro atoms. The van der Waals surface area contributed by atoms with Crippen LogP contribution >= 0.6 is 0 Å². The first-order valence-electron chi connectivity index (χ1n) is 5.05. The fourth-order valence-corrected chi connectivity index (χ4v) is 1.84. The van der Waals surface area contributed by atoms with E-state index in [4.69, 9.17) is 10.2 Å². The number of β-amino-alcohol motifs (C(OH)–C–C–N with tert-alkyl or cyclic N) is 1. The largest absolute Gasteiger partial charge is 0.396 e. The van der Waals surface area contributed by atoms with E-state index in [9.17, 15) is 0 Å². The second-order valence-corrected chi connectivity index (χ2v) is 3.48. The highest BCUT2D eigenvalue weighted by atomic mass is 16.3. The van der Waals surface area contributed by atoms with E-state index in [1.165, 1.54) is 0 Å². The number of nitrogens with one attached hydrogen (secondary N) is 1. The standard InChI is InChI=1S/C9H20N2O2/c12-6-1-2-9-8-10-3-4-11(9)5-7-13/h9-10,12-13H,1-8H2. The Labute approximate surface area is 79.6 Å². The summed E-state index contributed by atoms with van der Waals surface area (Å²) in [6.07, 6.45) is 1.87. The molecule has 0 aliphatic carbocycles. The van der Waals surface area contributed by atoms with Crippen molar-refractivity contribution in [2.24, 2.45) is 0 Å². The quantitative estimate of drug-likeness (QED) is 0.519. The fraction of sp³-hybridized carbons (Fsp3) is 1.00. The first-order valence-corrected chi connectivity index (χ1v) is 5.05. The van der Waals surface area contributed by atoms with Crippen LogP contribution in [0.2, 0.25) is 0 Å². The molecule has 1 unspecified atom stereocenters. The Morgan fingerprint density at radius 1 is 1.31 bits per heavy atom. The maximum atomic E-state index is 8.85. The lowest BCUT2D eigenvalue weighted by atomic mass is 10.1. The van der Waals surface area contributed by atoms with Crippen LogP contribution in [0.3, 0.4) is 0 Å². The lowest BCUT2D eigenvalue weighted by molar-refractivity contribution is 0.115. The molecule has 0 aromatic rings. The molecule has 4 nitrogen and oxygen atoms in total. The molecule has 1 atom stereocenters. The second kappa shape index (κ2) is 6.32. The van der Waals surface area contributed by atoms with Crippen LogP contribution in [-0.4, -0.2) is 60.5 Å². The number of hydrogen-bond acceptors (Lipinski definition) is 4. The first kappa shape index (κ1) is 10.9. The van der Waals surface area contributed by atoms with E-state index in [-0.39, 0.29) is 13.2 Å². The van der Waals surface area contributed by atoms with Crippen molar-refractivity contribution in [1.82, 2.24) is 10.2 Å². The zero-order valence-corrected chi connectivity index (χ0v) is 8.08. The van der Waals surface area contributed by atoms with Gasteiger partial charge in [0.1, 0.15) is 0 Å². The molecule has 1 fully saturated rings. The van der Waals surface area contributed by atoms with Crippen molar-refractivity contribution in [2.75, 3.05) is 39.4 Å². The second-order valence-electron chi connectivity index (χ2n) is 3.48. The number of rotatable bonds is 5. The molecule has 0 amide bonds. The molecule has 1 aliphatic heterocycles. The maximum Gasteiger partial charge on any atom is 0.0558 e. The number of hydrogen-bond donors (Lipinski definition) is 3. The molecule has 0 bridgehead atoms. The molecule has 78 valence electrons. The summed E-state index contributed by atoms with van der Waals surface area (Å²) in [5.41, 5.74) is 0. The van der Waals surface area contributed by atoms with E-state index in [1.807, 2.05) is 0 Å². The maximum absolute atomic E-state index is 8.85. The lowest BCUT2D eigenvalue weighted by Crippen LogP contribution is -2.52.